The molecule has 0 unspecified atom stereocenters. The minimum atomic E-state index is 0.0694. The molecule has 0 aliphatic rings. The highest BCUT2D eigenvalue weighted by molar-refractivity contribution is 7.80. The minimum absolute atomic E-state index is 0.0694. The molecule has 0 radical (unpaired) electrons. The first-order valence-electron chi connectivity index (χ1n) is 0.787. The van der Waals surface area contributed by atoms with Gasteiger partial charge < -0.3 is 0 Å². The fourth-order valence-electron chi connectivity index (χ4n) is 0. The van der Waals surface area contributed by atoms with Gasteiger partial charge in [0.2, 0.25) is 0 Å². The second-order valence-electron chi connectivity index (χ2n) is 0.258. The predicted molar refractivity (Wildman–Crippen MR) is 17.6 cm³/mol. The van der Waals surface area contributed by atoms with Crippen LogP contribution in [0.1, 0.15) is 0 Å². The molecule has 0 aromatic carbocycles. The highest BCUT2D eigenvalue weighted by Gasteiger charge is 1.54. The standard InChI is InChI=1S/CH4O2S/c2-3-1-4/h2,4H,1H2. The highest BCUT2D eigenvalue weighted by atomic mass is 32.1. The molecule has 0 rings (SSSR count). The van der Waals surface area contributed by atoms with Gasteiger partial charge in [0, 0.05) is 0 Å². The molecule has 0 fully saturated rings. The summed E-state index contributed by atoms with van der Waals surface area (Å²) < 4.78 is 0. The lowest BCUT2D eigenvalue weighted by atomic mass is 11.7. The smallest absolute Gasteiger partial charge is 0.125 e. The topological polar surface area (TPSA) is 29.5 Å². The van der Waals surface area contributed by atoms with Gasteiger partial charge in [-0.2, -0.15) is 0 Å². The van der Waals surface area contributed by atoms with Crippen LogP contribution in [0.15, 0.2) is 0 Å². The van der Waals surface area contributed by atoms with Crippen molar-refractivity contribution in [2.75, 3.05) is 5.94 Å². The normalized spacial score (nSPS) is 7.50. The van der Waals surface area contributed by atoms with Crippen molar-refractivity contribution in [1.29, 1.82) is 0 Å². The summed E-state index contributed by atoms with van der Waals surface area (Å²) in [5.41, 5.74) is 0. The van der Waals surface area contributed by atoms with E-state index in [-0.39, 0.29) is 5.94 Å². The van der Waals surface area contributed by atoms with Gasteiger partial charge in [0.05, 0.1) is 0 Å². The van der Waals surface area contributed by atoms with Crippen molar-refractivity contribution in [2.45, 2.75) is 0 Å². The quantitative estimate of drug-likeness (QED) is 0.206. The molecule has 4 heavy (non-hydrogen) atoms. The van der Waals surface area contributed by atoms with Crippen molar-refractivity contribution < 1.29 is 10.1 Å². The summed E-state index contributed by atoms with van der Waals surface area (Å²) in [5.74, 6) is 0.0694. The Hall–Kier alpha value is 0.270. The van der Waals surface area contributed by atoms with Crippen LogP contribution in [0.2, 0.25) is 0 Å². The molecular formula is CH4O2S. The Kier molecular flexibility index (Phi) is 3.49. The molecule has 2 nitrogen and oxygen atoms in total. The first-order valence-corrected chi connectivity index (χ1v) is 1.42. The molecule has 0 saturated heterocycles. The van der Waals surface area contributed by atoms with Crippen LogP contribution in [0.25, 0.3) is 0 Å². The van der Waals surface area contributed by atoms with Crippen LogP contribution in [0.3, 0.4) is 0 Å². The summed E-state index contributed by atoms with van der Waals surface area (Å²) in [6.45, 7) is 0. The van der Waals surface area contributed by atoms with E-state index in [0.717, 1.165) is 0 Å². The summed E-state index contributed by atoms with van der Waals surface area (Å²) >= 11 is 3.45. The van der Waals surface area contributed by atoms with Gasteiger partial charge in [0.1, 0.15) is 5.94 Å². The van der Waals surface area contributed by atoms with Crippen LogP contribution < -0.4 is 0 Å². The Morgan fingerprint density at radius 2 is 2.25 bits per heavy atom. The molecule has 0 amide bonds. The van der Waals surface area contributed by atoms with Crippen molar-refractivity contribution in [3.05, 3.63) is 0 Å². The van der Waals surface area contributed by atoms with Crippen LogP contribution in [-0.4, -0.2) is 11.2 Å². The van der Waals surface area contributed by atoms with Crippen molar-refractivity contribution in [3.8, 4) is 0 Å². The van der Waals surface area contributed by atoms with E-state index in [4.69, 9.17) is 5.26 Å². The van der Waals surface area contributed by atoms with Crippen LogP contribution in [0, 0.1) is 0 Å². The van der Waals surface area contributed by atoms with Gasteiger partial charge in [0.25, 0.3) is 0 Å². The van der Waals surface area contributed by atoms with Crippen molar-refractivity contribution in [3.63, 3.8) is 0 Å². The van der Waals surface area contributed by atoms with Gasteiger partial charge in [-0.1, -0.05) is 0 Å². The van der Waals surface area contributed by atoms with Crippen molar-refractivity contribution in [1.82, 2.24) is 0 Å². The highest BCUT2D eigenvalue weighted by Crippen LogP contribution is 1.64. The van der Waals surface area contributed by atoms with Crippen molar-refractivity contribution in [2.24, 2.45) is 0 Å². The monoisotopic (exact) mass is 80.0 g/mol. The third kappa shape index (κ3) is 2.27. The molecule has 0 aromatic rings. The third-order valence-electron chi connectivity index (χ3n) is 0.0577. The molecular weight excluding hydrogens is 76.1 g/mol. The number of rotatable bonds is 1. The zero-order chi connectivity index (χ0) is 3.41. The van der Waals surface area contributed by atoms with Crippen LogP contribution in [0.4, 0.5) is 0 Å². The second kappa shape index (κ2) is 3.27. The lowest BCUT2D eigenvalue weighted by Crippen LogP contribution is -1.70. The molecule has 0 aliphatic heterocycles. The summed E-state index contributed by atoms with van der Waals surface area (Å²) in [5, 5.41) is 7.30. The lowest BCUT2D eigenvalue weighted by Gasteiger charge is -1.73. The van der Waals surface area contributed by atoms with E-state index in [9.17, 15) is 0 Å². The van der Waals surface area contributed by atoms with Crippen molar-refractivity contribution >= 4 is 12.6 Å². The van der Waals surface area contributed by atoms with Crippen LogP contribution in [-0.2, 0) is 4.89 Å². The zero-order valence-electron chi connectivity index (χ0n) is 2.01. The summed E-state index contributed by atoms with van der Waals surface area (Å²) in [4.78, 5) is 3.41. The molecule has 0 heterocycles. The molecule has 26 valence electrons. The van der Waals surface area contributed by atoms with Gasteiger partial charge in [-0.05, 0) is 0 Å². The van der Waals surface area contributed by atoms with E-state index in [1.807, 2.05) is 0 Å². The predicted octanol–water partition coefficient (Wildman–Crippen LogP) is 0.363. The Morgan fingerprint density at radius 1 is 2.00 bits per heavy atom. The second-order valence-corrected chi connectivity index (χ2v) is 0.516. The Bertz CT molecular complexity index is 8.00. The van der Waals surface area contributed by atoms with Crippen LogP contribution >= 0.6 is 12.6 Å². The molecule has 0 saturated carbocycles. The Morgan fingerprint density at radius 3 is 2.25 bits per heavy atom. The maximum Gasteiger partial charge on any atom is 0.125 e. The van der Waals surface area contributed by atoms with Crippen LogP contribution in [0.5, 0.6) is 0 Å². The number of hydrogen-bond donors (Lipinski definition) is 2. The fourth-order valence-corrected chi connectivity index (χ4v) is 0. The largest absolute Gasteiger partial charge is 0.251 e. The van der Waals surface area contributed by atoms with E-state index in [2.05, 4.69) is 17.5 Å². The van der Waals surface area contributed by atoms with Gasteiger partial charge >= 0.3 is 0 Å². The zero-order valence-corrected chi connectivity index (χ0v) is 2.90. The average molecular weight is 80.1 g/mol. The Balaban J connectivity index is 1.97. The number of hydrogen-bond acceptors (Lipinski definition) is 3. The SMILES string of the molecule is OOCS. The van der Waals surface area contributed by atoms with Gasteiger partial charge in [-0.3, -0.25) is 5.26 Å². The van der Waals surface area contributed by atoms with Gasteiger partial charge in [0.15, 0.2) is 0 Å². The lowest BCUT2D eigenvalue weighted by molar-refractivity contribution is -0.222. The summed E-state index contributed by atoms with van der Waals surface area (Å²) in [6.07, 6.45) is 0. The molecule has 0 bridgehead atoms. The first-order chi connectivity index (χ1) is 1.91. The molecule has 1 N–H and O–H groups in total. The minimum Gasteiger partial charge on any atom is -0.251 e. The van der Waals surface area contributed by atoms with E-state index >= 15 is 0 Å². The Labute approximate surface area is 29.7 Å². The van der Waals surface area contributed by atoms with E-state index in [0.29, 0.717) is 0 Å². The maximum absolute atomic E-state index is 7.30. The average Bonchev–Trinajstić information content (AvgIpc) is 1.37. The third-order valence-corrected chi connectivity index (χ3v) is 0.173. The maximum atomic E-state index is 7.30. The molecule has 0 atom stereocenters. The molecule has 0 spiro atoms. The summed E-state index contributed by atoms with van der Waals surface area (Å²) in [6, 6.07) is 0. The molecule has 3 heteroatoms. The van der Waals surface area contributed by atoms with Gasteiger partial charge in [-0.25, -0.2) is 4.89 Å². The number of thiol groups is 1. The first kappa shape index (κ1) is 4.27. The molecule has 0 aromatic heterocycles. The molecule has 0 aliphatic carbocycles. The van der Waals surface area contributed by atoms with Gasteiger partial charge in [-0.15, -0.1) is 12.6 Å². The van der Waals surface area contributed by atoms with E-state index in [1.165, 1.54) is 0 Å². The van der Waals surface area contributed by atoms with E-state index < -0.39 is 0 Å². The fraction of sp³-hybridized carbons (Fsp3) is 1.00. The van der Waals surface area contributed by atoms with E-state index in [1.54, 1.807) is 0 Å². The summed E-state index contributed by atoms with van der Waals surface area (Å²) in [7, 11) is 0.